The number of imidazole rings is 1. The van der Waals surface area contributed by atoms with E-state index in [1.54, 1.807) is 0 Å². The second-order valence-electron chi connectivity index (χ2n) is 5.26. The van der Waals surface area contributed by atoms with Gasteiger partial charge in [0.1, 0.15) is 12.1 Å². The maximum atomic E-state index is 12.3. The van der Waals surface area contributed by atoms with E-state index in [9.17, 15) is 9.59 Å². The molecule has 0 aliphatic carbocycles. The van der Waals surface area contributed by atoms with Crippen molar-refractivity contribution < 1.29 is 18.7 Å². The first-order chi connectivity index (χ1) is 11.6. The number of para-hydroxylation sites is 2. The van der Waals surface area contributed by atoms with Crippen LogP contribution in [0.25, 0.3) is 11.0 Å². The Balaban J connectivity index is 1.78. The SMILES string of the molecule is CC[C@H](NC(=O)c1cc(C(=O)OC)co1)c1nc2ccccc2[nH]1. The average Bonchev–Trinajstić information content (AvgIpc) is 3.25. The molecule has 0 aliphatic heterocycles. The minimum absolute atomic E-state index is 0.0463. The lowest BCUT2D eigenvalue weighted by Gasteiger charge is -2.13. The molecule has 3 aromatic rings. The molecule has 2 heterocycles. The Hall–Kier alpha value is -3.09. The number of aromatic amines is 1. The Morgan fingerprint density at radius 1 is 1.38 bits per heavy atom. The van der Waals surface area contributed by atoms with Crippen LogP contribution in [0.3, 0.4) is 0 Å². The number of carbonyl (C=O) groups excluding carboxylic acids is 2. The minimum Gasteiger partial charge on any atom is -0.465 e. The molecule has 7 heteroatoms. The fourth-order valence-corrected chi connectivity index (χ4v) is 2.41. The van der Waals surface area contributed by atoms with Crippen LogP contribution in [0, 0.1) is 0 Å². The van der Waals surface area contributed by atoms with Gasteiger partial charge < -0.3 is 19.5 Å². The van der Waals surface area contributed by atoms with Gasteiger partial charge in [0.25, 0.3) is 5.91 Å². The van der Waals surface area contributed by atoms with Crippen molar-refractivity contribution in [1.82, 2.24) is 15.3 Å². The number of hydrogen-bond acceptors (Lipinski definition) is 5. The van der Waals surface area contributed by atoms with Gasteiger partial charge in [-0.15, -0.1) is 0 Å². The average molecular weight is 327 g/mol. The summed E-state index contributed by atoms with van der Waals surface area (Å²) in [6.45, 7) is 1.94. The number of furan rings is 1. The van der Waals surface area contributed by atoms with Crippen LogP contribution in [0.4, 0.5) is 0 Å². The zero-order chi connectivity index (χ0) is 17.1. The molecule has 0 aliphatic rings. The van der Waals surface area contributed by atoms with Crippen molar-refractivity contribution in [1.29, 1.82) is 0 Å². The lowest BCUT2D eigenvalue weighted by atomic mass is 10.2. The van der Waals surface area contributed by atoms with Crippen molar-refractivity contribution >= 4 is 22.9 Å². The molecule has 1 aromatic carbocycles. The number of hydrogen-bond donors (Lipinski definition) is 2. The number of aromatic nitrogens is 2. The van der Waals surface area contributed by atoms with E-state index in [1.165, 1.54) is 19.4 Å². The van der Waals surface area contributed by atoms with Gasteiger partial charge in [-0.1, -0.05) is 19.1 Å². The largest absolute Gasteiger partial charge is 0.465 e. The van der Waals surface area contributed by atoms with Crippen molar-refractivity contribution in [3.05, 3.63) is 53.7 Å². The predicted octanol–water partition coefficient (Wildman–Crippen LogP) is 2.82. The molecule has 1 atom stereocenters. The molecule has 3 rings (SSSR count). The zero-order valence-electron chi connectivity index (χ0n) is 13.3. The Morgan fingerprint density at radius 2 is 2.17 bits per heavy atom. The lowest BCUT2D eigenvalue weighted by molar-refractivity contribution is 0.0599. The third-order valence-electron chi connectivity index (χ3n) is 3.70. The Bertz CT molecular complexity index is 848. The molecule has 0 spiro atoms. The first-order valence-corrected chi connectivity index (χ1v) is 7.54. The molecule has 7 nitrogen and oxygen atoms in total. The number of amides is 1. The summed E-state index contributed by atoms with van der Waals surface area (Å²) < 4.78 is 9.74. The van der Waals surface area contributed by atoms with E-state index in [2.05, 4.69) is 20.0 Å². The molecule has 124 valence electrons. The summed E-state index contributed by atoms with van der Waals surface area (Å²) in [6.07, 6.45) is 1.85. The van der Waals surface area contributed by atoms with E-state index in [1.807, 2.05) is 31.2 Å². The van der Waals surface area contributed by atoms with Crippen LogP contribution < -0.4 is 5.32 Å². The Kier molecular flexibility index (Phi) is 4.33. The summed E-state index contributed by atoms with van der Waals surface area (Å²) in [6, 6.07) is 8.71. The number of ether oxygens (including phenoxy) is 1. The maximum Gasteiger partial charge on any atom is 0.341 e. The second kappa shape index (κ2) is 6.57. The molecule has 24 heavy (non-hydrogen) atoms. The molecular weight excluding hydrogens is 310 g/mol. The molecule has 0 bridgehead atoms. The highest BCUT2D eigenvalue weighted by Gasteiger charge is 2.21. The second-order valence-corrected chi connectivity index (χ2v) is 5.26. The highest BCUT2D eigenvalue weighted by atomic mass is 16.5. The molecule has 1 amide bonds. The summed E-state index contributed by atoms with van der Waals surface area (Å²) in [4.78, 5) is 31.5. The molecule has 0 fully saturated rings. The highest BCUT2D eigenvalue weighted by Crippen LogP contribution is 2.19. The zero-order valence-corrected chi connectivity index (χ0v) is 13.3. The fraction of sp³-hybridized carbons (Fsp3) is 0.235. The number of nitrogens with one attached hydrogen (secondary N) is 2. The smallest absolute Gasteiger partial charge is 0.341 e. The number of benzene rings is 1. The van der Waals surface area contributed by atoms with Crippen LogP contribution >= 0.6 is 0 Å². The predicted molar refractivity (Wildman–Crippen MR) is 86.6 cm³/mol. The molecule has 0 radical (unpaired) electrons. The van der Waals surface area contributed by atoms with Crippen molar-refractivity contribution in [3.63, 3.8) is 0 Å². The number of H-pyrrole nitrogens is 1. The third kappa shape index (κ3) is 3.01. The van der Waals surface area contributed by atoms with Gasteiger partial charge in [0.2, 0.25) is 0 Å². The third-order valence-corrected chi connectivity index (χ3v) is 3.70. The molecule has 0 saturated heterocycles. The first kappa shape index (κ1) is 15.8. The molecule has 0 saturated carbocycles. The topological polar surface area (TPSA) is 97.2 Å². The number of carbonyl (C=O) groups is 2. The lowest BCUT2D eigenvalue weighted by Crippen LogP contribution is -2.28. The summed E-state index contributed by atoms with van der Waals surface area (Å²) in [5.74, 6) is -0.253. The van der Waals surface area contributed by atoms with Gasteiger partial charge in [0.15, 0.2) is 5.76 Å². The fourth-order valence-electron chi connectivity index (χ4n) is 2.41. The summed E-state index contributed by atoms with van der Waals surface area (Å²) in [5.41, 5.74) is 1.94. The molecular formula is C17H17N3O4. The Morgan fingerprint density at radius 3 is 2.88 bits per heavy atom. The van der Waals surface area contributed by atoms with Crippen molar-refractivity contribution in [3.8, 4) is 0 Å². The summed E-state index contributed by atoms with van der Waals surface area (Å²) in [7, 11) is 1.27. The van der Waals surface area contributed by atoms with E-state index in [0.717, 1.165) is 11.0 Å². The molecule has 2 N–H and O–H groups in total. The minimum atomic E-state index is -0.554. The van der Waals surface area contributed by atoms with Gasteiger partial charge >= 0.3 is 5.97 Å². The van der Waals surface area contributed by atoms with E-state index in [-0.39, 0.29) is 17.4 Å². The Labute approximate surface area is 138 Å². The first-order valence-electron chi connectivity index (χ1n) is 7.54. The number of methoxy groups -OCH3 is 1. The van der Waals surface area contributed by atoms with Crippen molar-refractivity contribution in [2.45, 2.75) is 19.4 Å². The standard InChI is InChI=1S/C17H17N3O4/c1-3-11(15-18-12-6-4-5-7-13(12)19-15)20-16(21)14-8-10(9-24-14)17(22)23-2/h4-9,11H,3H2,1-2H3,(H,18,19)(H,20,21)/t11-/m0/s1. The van der Waals surface area contributed by atoms with Crippen LogP contribution in [0.1, 0.15) is 46.1 Å². The van der Waals surface area contributed by atoms with Gasteiger partial charge in [0.05, 0.1) is 29.7 Å². The summed E-state index contributed by atoms with van der Waals surface area (Å²) >= 11 is 0. The van der Waals surface area contributed by atoms with Crippen LogP contribution in [0.15, 0.2) is 41.0 Å². The molecule has 2 aromatic heterocycles. The van der Waals surface area contributed by atoms with Crippen molar-refractivity contribution in [2.75, 3.05) is 7.11 Å². The van der Waals surface area contributed by atoms with E-state index in [0.29, 0.717) is 12.2 Å². The van der Waals surface area contributed by atoms with Crippen LogP contribution in [0.2, 0.25) is 0 Å². The van der Waals surface area contributed by atoms with Crippen LogP contribution in [-0.2, 0) is 4.74 Å². The van der Waals surface area contributed by atoms with Crippen LogP contribution in [-0.4, -0.2) is 29.0 Å². The van der Waals surface area contributed by atoms with Gasteiger partial charge in [-0.05, 0) is 18.6 Å². The number of rotatable bonds is 5. The number of nitrogens with zero attached hydrogens (tertiary/aromatic N) is 1. The van der Waals surface area contributed by atoms with Crippen LogP contribution in [0.5, 0.6) is 0 Å². The molecule has 0 unspecified atom stereocenters. The summed E-state index contributed by atoms with van der Waals surface area (Å²) in [5, 5.41) is 2.85. The number of esters is 1. The number of fused-ring (bicyclic) bond motifs is 1. The van der Waals surface area contributed by atoms with E-state index in [4.69, 9.17) is 4.42 Å². The normalized spacial score (nSPS) is 12.1. The van der Waals surface area contributed by atoms with Crippen molar-refractivity contribution in [2.24, 2.45) is 0 Å². The quantitative estimate of drug-likeness (QED) is 0.702. The van der Waals surface area contributed by atoms with Gasteiger partial charge in [-0.2, -0.15) is 0 Å². The van der Waals surface area contributed by atoms with E-state index >= 15 is 0 Å². The van der Waals surface area contributed by atoms with Gasteiger partial charge in [-0.25, -0.2) is 9.78 Å². The van der Waals surface area contributed by atoms with E-state index < -0.39 is 11.9 Å². The highest BCUT2D eigenvalue weighted by molar-refractivity contribution is 5.96. The maximum absolute atomic E-state index is 12.3. The van der Waals surface area contributed by atoms with Gasteiger partial charge in [-0.3, -0.25) is 4.79 Å². The monoisotopic (exact) mass is 327 g/mol. The van der Waals surface area contributed by atoms with Gasteiger partial charge in [0, 0.05) is 6.07 Å².